The summed E-state index contributed by atoms with van der Waals surface area (Å²) in [7, 11) is 2.07. The molecule has 2 saturated heterocycles. The number of aromatic nitrogens is 2. The van der Waals surface area contributed by atoms with Crippen molar-refractivity contribution in [1.82, 2.24) is 19.8 Å². The van der Waals surface area contributed by atoms with Crippen LogP contribution in [-0.4, -0.2) is 95.3 Å². The Bertz CT molecular complexity index is 1590. The summed E-state index contributed by atoms with van der Waals surface area (Å²) in [6, 6.07) is 13.4. The van der Waals surface area contributed by atoms with Gasteiger partial charge >= 0.3 is 12.1 Å². The van der Waals surface area contributed by atoms with Gasteiger partial charge in [0.2, 0.25) is 0 Å². The van der Waals surface area contributed by atoms with Crippen molar-refractivity contribution in [3.8, 4) is 12.1 Å². The second-order valence-electron chi connectivity index (χ2n) is 11.4. The number of carboxylic acid groups (broad SMARTS) is 1. The molecule has 3 aliphatic heterocycles. The zero-order valence-corrected chi connectivity index (χ0v) is 24.8. The minimum Gasteiger partial charge on any atom is -0.465 e. The van der Waals surface area contributed by atoms with Gasteiger partial charge in [0, 0.05) is 43.2 Å². The van der Waals surface area contributed by atoms with Crippen LogP contribution in [0.3, 0.4) is 0 Å². The van der Waals surface area contributed by atoms with Crippen molar-refractivity contribution in [3.63, 3.8) is 0 Å². The fraction of sp³-hybridized carbons (Fsp3) is 0.452. The van der Waals surface area contributed by atoms with E-state index in [1.54, 1.807) is 4.90 Å². The van der Waals surface area contributed by atoms with Crippen LogP contribution in [0.4, 0.5) is 16.3 Å². The van der Waals surface area contributed by atoms with Crippen molar-refractivity contribution in [1.29, 1.82) is 5.26 Å². The Morgan fingerprint density at radius 3 is 2.67 bits per heavy atom. The molecule has 224 valence electrons. The zero-order chi connectivity index (χ0) is 30.1. The molecule has 0 bridgehead atoms. The van der Waals surface area contributed by atoms with Crippen LogP contribution in [0.1, 0.15) is 41.7 Å². The lowest BCUT2D eigenvalue weighted by Gasteiger charge is -2.40. The number of hydrogen-bond donors (Lipinski definition) is 1. The first kappa shape index (κ1) is 29.0. The van der Waals surface area contributed by atoms with Gasteiger partial charge in [0.05, 0.1) is 29.2 Å². The number of nitriles is 1. The molecule has 2 amide bonds. The number of rotatable bonds is 6. The Hall–Kier alpha value is -4.14. The minimum absolute atomic E-state index is 0.0575. The molecule has 2 atom stereocenters. The van der Waals surface area contributed by atoms with Gasteiger partial charge in [0.15, 0.2) is 0 Å². The van der Waals surface area contributed by atoms with Crippen LogP contribution in [0.25, 0.3) is 10.8 Å². The Labute approximate surface area is 255 Å². The Morgan fingerprint density at radius 1 is 1.12 bits per heavy atom. The van der Waals surface area contributed by atoms with Crippen molar-refractivity contribution in [3.05, 3.63) is 52.7 Å². The van der Waals surface area contributed by atoms with Crippen LogP contribution in [-0.2, 0) is 6.42 Å². The van der Waals surface area contributed by atoms with Gasteiger partial charge in [-0.1, -0.05) is 35.9 Å². The number of anilines is 2. The van der Waals surface area contributed by atoms with Crippen molar-refractivity contribution >= 4 is 45.9 Å². The fourth-order valence-corrected chi connectivity index (χ4v) is 6.78. The normalized spacial score (nSPS) is 21.0. The molecule has 2 fully saturated rings. The van der Waals surface area contributed by atoms with Crippen LogP contribution in [0.15, 0.2) is 36.4 Å². The first-order valence-corrected chi connectivity index (χ1v) is 15.1. The molecule has 0 spiro atoms. The molecule has 11 nitrogen and oxygen atoms in total. The molecule has 6 rings (SSSR count). The second-order valence-corrected chi connectivity index (χ2v) is 11.8. The van der Waals surface area contributed by atoms with Gasteiger partial charge in [-0.3, -0.25) is 4.79 Å². The van der Waals surface area contributed by atoms with Crippen molar-refractivity contribution < 1.29 is 19.4 Å². The summed E-state index contributed by atoms with van der Waals surface area (Å²) < 4.78 is 6.17. The Morgan fingerprint density at radius 2 is 1.93 bits per heavy atom. The SMILES string of the molecule is CN1CCC[C@H]1COc1nc2c(c(N3CCN(C(=O)O)C(CC#N)C3)n1)CCCN(c1cccc3cccc(Cl)c13)C2=O. The number of hydrogen-bond acceptors (Lipinski definition) is 8. The Balaban J connectivity index is 1.41. The van der Waals surface area contributed by atoms with E-state index < -0.39 is 12.1 Å². The van der Waals surface area contributed by atoms with E-state index in [1.165, 1.54) is 4.90 Å². The second kappa shape index (κ2) is 12.2. The summed E-state index contributed by atoms with van der Waals surface area (Å²) in [6.07, 6.45) is 2.33. The summed E-state index contributed by atoms with van der Waals surface area (Å²) in [6.45, 7) is 2.74. The average molecular weight is 604 g/mol. The maximum atomic E-state index is 14.4. The molecule has 12 heteroatoms. The smallest absolute Gasteiger partial charge is 0.407 e. The number of piperazine rings is 1. The summed E-state index contributed by atoms with van der Waals surface area (Å²) in [5.74, 6) is 0.308. The van der Waals surface area contributed by atoms with Gasteiger partial charge in [0.25, 0.3) is 5.91 Å². The number of likely N-dealkylation sites (N-methyl/N-ethyl adjacent to an activating group) is 1. The fourth-order valence-electron chi connectivity index (χ4n) is 6.50. The highest BCUT2D eigenvalue weighted by Gasteiger charge is 2.36. The van der Waals surface area contributed by atoms with Crippen LogP contribution in [0.2, 0.25) is 5.02 Å². The number of nitrogens with zero attached hydrogens (tertiary/aromatic N) is 7. The topological polar surface area (TPSA) is 126 Å². The van der Waals surface area contributed by atoms with Crippen LogP contribution < -0.4 is 14.5 Å². The largest absolute Gasteiger partial charge is 0.465 e. The third-order valence-corrected chi connectivity index (χ3v) is 9.09. The van der Waals surface area contributed by atoms with Crippen LogP contribution in [0, 0.1) is 11.3 Å². The number of carbonyl (C=O) groups excluding carboxylic acids is 1. The summed E-state index contributed by atoms with van der Waals surface area (Å²) in [5.41, 5.74) is 1.71. The van der Waals surface area contributed by atoms with Crippen LogP contribution in [0.5, 0.6) is 6.01 Å². The maximum absolute atomic E-state index is 14.4. The molecule has 0 radical (unpaired) electrons. The van der Waals surface area contributed by atoms with E-state index in [0.717, 1.165) is 35.8 Å². The van der Waals surface area contributed by atoms with Crippen molar-refractivity contribution in [2.75, 3.05) is 56.2 Å². The molecule has 0 saturated carbocycles. The maximum Gasteiger partial charge on any atom is 0.407 e. The lowest BCUT2D eigenvalue weighted by Crippen LogP contribution is -2.55. The number of ether oxygens (including phenoxy) is 1. The molecule has 1 aromatic heterocycles. The molecule has 4 heterocycles. The predicted octanol–water partition coefficient (Wildman–Crippen LogP) is 4.43. The lowest BCUT2D eigenvalue weighted by atomic mass is 10.1. The van der Waals surface area contributed by atoms with Gasteiger partial charge < -0.3 is 29.4 Å². The molecule has 3 aromatic rings. The highest BCUT2D eigenvalue weighted by atomic mass is 35.5. The van der Waals surface area contributed by atoms with Crippen molar-refractivity contribution in [2.24, 2.45) is 0 Å². The first-order chi connectivity index (χ1) is 20.9. The average Bonchev–Trinajstić information content (AvgIpc) is 3.34. The molecule has 1 unspecified atom stereocenters. The van der Waals surface area contributed by atoms with E-state index in [1.807, 2.05) is 41.3 Å². The van der Waals surface area contributed by atoms with Gasteiger partial charge in [-0.15, -0.1) is 0 Å². The molecule has 0 aliphatic carbocycles. The molecular weight excluding hydrogens is 570 g/mol. The number of benzene rings is 2. The van der Waals surface area contributed by atoms with E-state index in [2.05, 4.69) is 18.0 Å². The van der Waals surface area contributed by atoms with E-state index in [0.29, 0.717) is 48.9 Å². The number of fused-ring (bicyclic) bond motifs is 2. The van der Waals surface area contributed by atoms with E-state index in [-0.39, 0.29) is 43.2 Å². The molecule has 1 N–H and O–H groups in total. The standard InChI is InChI=1S/C31H34ClN7O4/c1-36-14-4-8-22(36)19-43-30-34-27-23(28(35-30)37-16-17-38(31(41)42)21(18-37)12-13-33)9-5-15-39(29(27)40)25-11-3-7-20-6-2-10-24(32)26(20)25/h2-3,6-7,10-11,21-22H,4-5,8-9,12,14-19H2,1H3,(H,41,42)/t21?,22-/m0/s1. The minimum atomic E-state index is -1.05. The van der Waals surface area contributed by atoms with Gasteiger partial charge in [0.1, 0.15) is 18.1 Å². The predicted molar refractivity (Wildman–Crippen MR) is 163 cm³/mol. The Kier molecular flexibility index (Phi) is 8.23. The van der Waals surface area contributed by atoms with Gasteiger partial charge in [-0.25, -0.2) is 4.79 Å². The molecule has 43 heavy (non-hydrogen) atoms. The number of amides is 2. The van der Waals surface area contributed by atoms with Crippen LogP contribution >= 0.6 is 11.6 Å². The summed E-state index contributed by atoms with van der Waals surface area (Å²) in [4.78, 5) is 43.1. The molecule has 3 aliphatic rings. The summed E-state index contributed by atoms with van der Waals surface area (Å²) in [5, 5.41) is 21.4. The van der Waals surface area contributed by atoms with E-state index in [4.69, 9.17) is 26.3 Å². The third-order valence-electron chi connectivity index (χ3n) is 8.77. The number of carbonyl (C=O) groups is 2. The molecule has 2 aromatic carbocycles. The lowest BCUT2D eigenvalue weighted by molar-refractivity contribution is 0.0982. The van der Waals surface area contributed by atoms with Crippen molar-refractivity contribution in [2.45, 2.75) is 44.2 Å². The number of likely N-dealkylation sites (tertiary alicyclic amines) is 1. The zero-order valence-electron chi connectivity index (χ0n) is 24.1. The number of halogens is 1. The van der Waals surface area contributed by atoms with Gasteiger partial charge in [-0.2, -0.15) is 15.2 Å². The quantitative estimate of drug-likeness (QED) is 0.435. The van der Waals surface area contributed by atoms with E-state index in [9.17, 15) is 20.0 Å². The summed E-state index contributed by atoms with van der Waals surface area (Å²) >= 11 is 6.65. The first-order valence-electron chi connectivity index (χ1n) is 14.7. The highest BCUT2D eigenvalue weighted by molar-refractivity contribution is 6.37. The van der Waals surface area contributed by atoms with E-state index >= 15 is 0 Å². The van der Waals surface area contributed by atoms with Gasteiger partial charge in [-0.05, 0) is 56.8 Å². The monoisotopic (exact) mass is 603 g/mol. The molecular formula is C31H34ClN7O4. The highest BCUT2D eigenvalue weighted by Crippen LogP contribution is 2.37. The third kappa shape index (κ3) is 5.65.